The molecule has 15 heavy (non-hydrogen) atoms. The van der Waals surface area contributed by atoms with Gasteiger partial charge in [-0.25, -0.2) is 0 Å². The normalized spacial score (nSPS) is 28.9. The van der Waals surface area contributed by atoms with Crippen LogP contribution in [0, 0.1) is 11.3 Å². The molecule has 0 aromatic heterocycles. The summed E-state index contributed by atoms with van der Waals surface area (Å²) in [5.74, 6) is 0.119. The first-order valence-electron chi connectivity index (χ1n) is 5.19. The quantitative estimate of drug-likeness (QED) is 0.648. The van der Waals surface area contributed by atoms with Crippen molar-refractivity contribution in [3.8, 4) is 0 Å². The van der Waals surface area contributed by atoms with Crippen LogP contribution in [-0.4, -0.2) is 12.9 Å². The van der Waals surface area contributed by atoms with Gasteiger partial charge in [0.15, 0.2) is 5.78 Å². The monoisotopic (exact) mass is 207 g/mol. The van der Waals surface area contributed by atoms with Crippen LogP contribution < -0.4 is 5.11 Å². The van der Waals surface area contributed by atoms with Gasteiger partial charge in [-0.1, -0.05) is 19.6 Å². The number of Topliss-reactive ketones (excluding diaryl/α,β-unsaturated/α-hetero) is 1. The van der Waals surface area contributed by atoms with Gasteiger partial charge >= 0.3 is 0 Å². The fraction of sp³-hybridized carbons (Fsp3) is 0.583. The maximum absolute atomic E-state index is 12.0. The molecule has 2 aliphatic rings. The van der Waals surface area contributed by atoms with Crippen LogP contribution in [0.5, 0.6) is 0 Å². The minimum Gasteiger partial charge on any atom is -0.872 e. The van der Waals surface area contributed by atoms with E-state index >= 15 is 0 Å². The maximum atomic E-state index is 12.0. The lowest BCUT2D eigenvalue weighted by atomic mass is 9.65. The van der Waals surface area contributed by atoms with E-state index in [0.29, 0.717) is 11.3 Å². The number of hydrogen-bond donors (Lipinski definition) is 0. The predicted molar refractivity (Wildman–Crippen MR) is 53.6 cm³/mol. The second kappa shape index (κ2) is 3.12. The number of ketones is 1. The molecule has 2 bridgehead atoms. The van der Waals surface area contributed by atoms with Crippen molar-refractivity contribution in [1.82, 2.24) is 0 Å². The summed E-state index contributed by atoms with van der Waals surface area (Å²) < 4.78 is 5.09. The summed E-state index contributed by atoms with van der Waals surface area (Å²) in [5.41, 5.74) is 0.181. The Hall–Kier alpha value is -1.25. The summed E-state index contributed by atoms with van der Waals surface area (Å²) in [6.07, 6.45) is 3.12. The van der Waals surface area contributed by atoms with Gasteiger partial charge in [0.05, 0.1) is 13.0 Å². The summed E-state index contributed by atoms with van der Waals surface area (Å²) in [6.45, 7) is 3.92. The fourth-order valence-corrected chi connectivity index (χ4v) is 2.50. The first-order valence-corrected chi connectivity index (χ1v) is 5.19. The Kier molecular flexibility index (Phi) is 2.14. The zero-order chi connectivity index (χ0) is 11.2. The lowest BCUT2D eigenvalue weighted by Crippen LogP contribution is -2.39. The molecule has 0 aromatic carbocycles. The lowest BCUT2D eigenvalue weighted by Gasteiger charge is -2.41. The molecular formula is C12H15O3-. The highest BCUT2D eigenvalue weighted by molar-refractivity contribution is 6.02. The lowest BCUT2D eigenvalue weighted by molar-refractivity contribution is -0.298. The van der Waals surface area contributed by atoms with Gasteiger partial charge in [0, 0.05) is 0 Å². The van der Waals surface area contributed by atoms with Crippen molar-refractivity contribution >= 4 is 5.78 Å². The zero-order valence-electron chi connectivity index (χ0n) is 9.29. The molecule has 0 amide bonds. The molecule has 2 aliphatic carbocycles. The first-order chi connectivity index (χ1) is 6.97. The molecular weight excluding hydrogens is 192 g/mol. The van der Waals surface area contributed by atoms with E-state index in [2.05, 4.69) is 0 Å². The Morgan fingerprint density at radius 2 is 2.20 bits per heavy atom. The molecule has 0 saturated heterocycles. The van der Waals surface area contributed by atoms with E-state index in [9.17, 15) is 9.90 Å². The molecule has 3 nitrogen and oxygen atoms in total. The molecule has 0 N–H and O–H groups in total. The van der Waals surface area contributed by atoms with Gasteiger partial charge in [0.2, 0.25) is 0 Å². The van der Waals surface area contributed by atoms with E-state index in [1.54, 1.807) is 0 Å². The van der Waals surface area contributed by atoms with Crippen LogP contribution >= 0.6 is 0 Å². The van der Waals surface area contributed by atoms with Crippen molar-refractivity contribution in [2.24, 2.45) is 11.3 Å². The van der Waals surface area contributed by atoms with Crippen molar-refractivity contribution in [3.05, 3.63) is 23.2 Å². The number of hydrogen-bond acceptors (Lipinski definition) is 3. The van der Waals surface area contributed by atoms with Crippen LogP contribution in [0.4, 0.5) is 0 Å². The van der Waals surface area contributed by atoms with Gasteiger partial charge in [0.25, 0.3) is 0 Å². The van der Waals surface area contributed by atoms with Gasteiger partial charge in [-0.3, -0.25) is 4.79 Å². The Morgan fingerprint density at radius 1 is 1.53 bits per heavy atom. The van der Waals surface area contributed by atoms with Gasteiger partial charge in [-0.2, -0.15) is 0 Å². The molecule has 2 rings (SSSR count). The SMILES string of the molecule is COC1=CC([O-])=C2C(=O)C1CCC2(C)C. The highest BCUT2D eigenvalue weighted by atomic mass is 16.5. The average Bonchev–Trinajstić information content (AvgIpc) is 2.13. The third-order valence-corrected chi connectivity index (χ3v) is 3.40. The van der Waals surface area contributed by atoms with Crippen molar-refractivity contribution < 1.29 is 14.6 Å². The van der Waals surface area contributed by atoms with Crippen LogP contribution in [0.1, 0.15) is 26.7 Å². The number of rotatable bonds is 1. The number of carbonyl (C=O) groups is 1. The largest absolute Gasteiger partial charge is 0.872 e. The van der Waals surface area contributed by atoms with Crippen LogP contribution in [0.2, 0.25) is 0 Å². The Bertz CT molecular complexity index is 374. The topological polar surface area (TPSA) is 49.4 Å². The number of allylic oxidation sites excluding steroid dienone is 3. The number of carbonyl (C=O) groups excluding carboxylic acids is 1. The maximum Gasteiger partial charge on any atom is 0.169 e. The summed E-state index contributed by atoms with van der Waals surface area (Å²) >= 11 is 0. The third-order valence-electron chi connectivity index (χ3n) is 3.40. The third kappa shape index (κ3) is 1.37. The summed E-state index contributed by atoms with van der Waals surface area (Å²) in [6, 6.07) is 0. The van der Waals surface area contributed by atoms with Crippen LogP contribution in [0.3, 0.4) is 0 Å². The zero-order valence-corrected chi connectivity index (χ0v) is 9.29. The molecule has 0 spiro atoms. The van der Waals surface area contributed by atoms with Crippen molar-refractivity contribution in [1.29, 1.82) is 0 Å². The average molecular weight is 207 g/mol. The highest BCUT2D eigenvalue weighted by Gasteiger charge is 2.42. The number of ether oxygens (including phenoxy) is 1. The smallest absolute Gasteiger partial charge is 0.169 e. The van der Waals surface area contributed by atoms with E-state index in [1.165, 1.54) is 13.2 Å². The molecule has 0 aromatic rings. The number of fused-ring (bicyclic) bond motifs is 2. The van der Waals surface area contributed by atoms with Gasteiger partial charge in [-0.05, 0) is 29.9 Å². The molecule has 1 fully saturated rings. The van der Waals surface area contributed by atoms with Crippen molar-refractivity contribution in [3.63, 3.8) is 0 Å². The van der Waals surface area contributed by atoms with Crippen LogP contribution in [0.15, 0.2) is 23.2 Å². The first kappa shape index (κ1) is 10.3. The summed E-state index contributed by atoms with van der Waals surface area (Å²) in [7, 11) is 1.51. The molecule has 3 heteroatoms. The van der Waals surface area contributed by atoms with Gasteiger partial charge in [-0.15, -0.1) is 0 Å². The summed E-state index contributed by atoms with van der Waals surface area (Å²) in [5, 5.41) is 11.8. The Balaban J connectivity index is 2.55. The van der Waals surface area contributed by atoms with Crippen LogP contribution in [0.25, 0.3) is 0 Å². The molecule has 1 atom stereocenters. The second-order valence-corrected chi connectivity index (χ2v) is 4.83. The molecule has 0 aliphatic heterocycles. The van der Waals surface area contributed by atoms with E-state index in [4.69, 9.17) is 4.74 Å². The van der Waals surface area contributed by atoms with Crippen molar-refractivity contribution in [2.75, 3.05) is 7.11 Å². The Morgan fingerprint density at radius 3 is 2.80 bits per heavy atom. The fourth-order valence-electron chi connectivity index (χ4n) is 2.50. The van der Waals surface area contributed by atoms with E-state index in [1.807, 2.05) is 13.8 Å². The molecule has 1 saturated carbocycles. The minimum atomic E-state index is -0.277. The molecule has 0 radical (unpaired) electrons. The standard InChI is InChI=1S/C12H16O3/c1-12(2)5-4-7-9(15-3)6-8(13)10(12)11(7)14/h6-7,13H,4-5H2,1-3H3/p-1. The molecule has 82 valence electrons. The Labute approximate surface area is 89.4 Å². The van der Waals surface area contributed by atoms with Crippen LogP contribution in [-0.2, 0) is 9.53 Å². The summed E-state index contributed by atoms with van der Waals surface area (Å²) in [4.78, 5) is 12.0. The van der Waals surface area contributed by atoms with E-state index in [-0.39, 0.29) is 22.9 Å². The minimum absolute atomic E-state index is 0.0319. The molecule has 0 heterocycles. The molecule has 1 unspecified atom stereocenters. The number of methoxy groups -OCH3 is 1. The highest BCUT2D eigenvalue weighted by Crippen LogP contribution is 2.46. The van der Waals surface area contributed by atoms with E-state index < -0.39 is 0 Å². The van der Waals surface area contributed by atoms with Crippen molar-refractivity contribution in [2.45, 2.75) is 26.7 Å². The van der Waals surface area contributed by atoms with Gasteiger partial charge < -0.3 is 9.84 Å². The van der Waals surface area contributed by atoms with Gasteiger partial charge in [0.1, 0.15) is 5.76 Å². The predicted octanol–water partition coefficient (Wildman–Crippen LogP) is 1.15. The second-order valence-electron chi connectivity index (χ2n) is 4.83. The van der Waals surface area contributed by atoms with E-state index in [0.717, 1.165) is 12.8 Å².